The van der Waals surface area contributed by atoms with Crippen LogP contribution >= 0.6 is 24.4 Å². The first kappa shape index (κ1) is 9.56. The third-order valence-corrected chi connectivity index (χ3v) is 3.71. The molecular formula is C6H6N4OS3. The molecule has 0 saturated heterocycles. The SMILES string of the molecule is O=S(n1cc[nH]c1=S)n1cc[nH]c1=S. The summed E-state index contributed by atoms with van der Waals surface area (Å²) < 4.78 is 15.5. The van der Waals surface area contributed by atoms with Crippen LogP contribution in [0.5, 0.6) is 0 Å². The van der Waals surface area contributed by atoms with E-state index in [0.717, 1.165) is 0 Å². The predicted molar refractivity (Wildman–Crippen MR) is 58.2 cm³/mol. The van der Waals surface area contributed by atoms with Crippen LogP contribution in [0.4, 0.5) is 0 Å². The second-order valence-corrected chi connectivity index (χ2v) is 4.43. The summed E-state index contributed by atoms with van der Waals surface area (Å²) in [6.07, 6.45) is 6.45. The molecule has 0 amide bonds. The van der Waals surface area contributed by atoms with Gasteiger partial charge in [-0.25, -0.2) is 12.2 Å². The Morgan fingerprint density at radius 1 is 1.07 bits per heavy atom. The third kappa shape index (κ3) is 1.51. The van der Waals surface area contributed by atoms with Gasteiger partial charge in [0, 0.05) is 24.8 Å². The number of H-pyrrole nitrogens is 2. The van der Waals surface area contributed by atoms with E-state index in [1.54, 1.807) is 24.8 Å². The van der Waals surface area contributed by atoms with E-state index in [9.17, 15) is 4.21 Å². The monoisotopic (exact) mass is 246 g/mol. The predicted octanol–water partition coefficient (Wildman–Crippen LogP) is 1.38. The van der Waals surface area contributed by atoms with Gasteiger partial charge in [0.2, 0.25) is 11.2 Å². The van der Waals surface area contributed by atoms with Gasteiger partial charge >= 0.3 is 0 Å². The van der Waals surface area contributed by atoms with E-state index in [0.29, 0.717) is 9.54 Å². The Balaban J connectivity index is 2.54. The molecule has 2 aromatic heterocycles. The Kier molecular flexibility index (Phi) is 2.48. The van der Waals surface area contributed by atoms with Gasteiger partial charge in [0.15, 0.2) is 9.54 Å². The minimum Gasteiger partial charge on any atom is -0.337 e. The standard InChI is InChI=1S/C6H6N4OS3/c11-14(9-3-1-7-5(9)12)10-4-2-8-6(10)13/h1-4H,(H,7,12)(H,8,13). The lowest BCUT2D eigenvalue weighted by Crippen LogP contribution is -2.12. The van der Waals surface area contributed by atoms with Crippen LogP contribution in [-0.4, -0.2) is 22.1 Å². The van der Waals surface area contributed by atoms with Gasteiger partial charge in [0.25, 0.3) is 0 Å². The molecule has 0 aliphatic heterocycles. The Hall–Kier alpha value is -0.990. The number of rotatable bonds is 2. The summed E-state index contributed by atoms with van der Waals surface area (Å²) in [5.74, 6) is 0. The maximum absolute atomic E-state index is 11.9. The number of hydrogen-bond donors (Lipinski definition) is 2. The van der Waals surface area contributed by atoms with Crippen molar-refractivity contribution in [3.63, 3.8) is 0 Å². The van der Waals surface area contributed by atoms with Crippen molar-refractivity contribution in [1.82, 2.24) is 17.9 Å². The fraction of sp³-hybridized carbons (Fsp3) is 0. The van der Waals surface area contributed by atoms with Gasteiger partial charge in [-0.2, -0.15) is 0 Å². The molecule has 0 atom stereocenters. The molecule has 2 N–H and O–H groups in total. The van der Waals surface area contributed by atoms with Crippen LogP contribution in [0.15, 0.2) is 24.8 Å². The smallest absolute Gasteiger partial charge is 0.237 e. The lowest BCUT2D eigenvalue weighted by atomic mass is 11.0. The van der Waals surface area contributed by atoms with Crippen molar-refractivity contribution in [1.29, 1.82) is 0 Å². The molecule has 14 heavy (non-hydrogen) atoms. The molecule has 0 unspecified atom stereocenters. The van der Waals surface area contributed by atoms with E-state index in [4.69, 9.17) is 24.4 Å². The molecule has 0 aromatic carbocycles. The van der Waals surface area contributed by atoms with Gasteiger partial charge in [-0.3, -0.25) is 0 Å². The first-order valence-corrected chi connectivity index (χ1v) is 5.53. The molecule has 0 aliphatic rings. The first-order valence-electron chi connectivity index (χ1n) is 3.65. The van der Waals surface area contributed by atoms with Gasteiger partial charge < -0.3 is 9.97 Å². The maximum atomic E-state index is 11.9. The summed E-state index contributed by atoms with van der Waals surface area (Å²) in [6.45, 7) is 0. The fourth-order valence-electron chi connectivity index (χ4n) is 0.956. The van der Waals surface area contributed by atoms with E-state index in [1.165, 1.54) is 7.94 Å². The maximum Gasteiger partial charge on any atom is 0.237 e. The molecule has 0 bridgehead atoms. The highest BCUT2D eigenvalue weighted by molar-refractivity contribution is 7.82. The van der Waals surface area contributed by atoms with Crippen LogP contribution < -0.4 is 0 Å². The highest BCUT2D eigenvalue weighted by Gasteiger charge is 2.06. The Morgan fingerprint density at radius 2 is 1.50 bits per heavy atom. The highest BCUT2D eigenvalue weighted by atomic mass is 32.2. The number of aromatic nitrogens is 4. The first-order chi connectivity index (χ1) is 6.70. The van der Waals surface area contributed by atoms with Gasteiger partial charge in [0.05, 0.1) is 0 Å². The molecule has 2 aromatic rings. The molecule has 2 rings (SSSR count). The zero-order valence-electron chi connectivity index (χ0n) is 6.84. The molecular weight excluding hydrogens is 240 g/mol. The van der Waals surface area contributed by atoms with Crippen LogP contribution in [0.2, 0.25) is 0 Å². The van der Waals surface area contributed by atoms with Gasteiger partial charge in [-0.05, 0) is 24.4 Å². The number of nitrogens with zero attached hydrogens (tertiary/aromatic N) is 2. The Morgan fingerprint density at radius 3 is 1.79 bits per heavy atom. The van der Waals surface area contributed by atoms with E-state index >= 15 is 0 Å². The van der Waals surface area contributed by atoms with Crippen molar-refractivity contribution >= 4 is 35.6 Å². The van der Waals surface area contributed by atoms with Crippen molar-refractivity contribution in [2.45, 2.75) is 0 Å². The molecule has 0 fully saturated rings. The molecule has 74 valence electrons. The van der Waals surface area contributed by atoms with Crippen molar-refractivity contribution < 1.29 is 4.21 Å². The summed E-state index contributed by atoms with van der Waals surface area (Å²) in [5, 5.41) is 0. The molecule has 8 heteroatoms. The second kappa shape index (κ2) is 3.64. The van der Waals surface area contributed by atoms with Gasteiger partial charge in [-0.15, -0.1) is 0 Å². The van der Waals surface area contributed by atoms with Crippen LogP contribution in [0.1, 0.15) is 0 Å². The van der Waals surface area contributed by atoms with E-state index in [2.05, 4.69) is 9.97 Å². The largest absolute Gasteiger partial charge is 0.337 e. The Bertz CT molecular complexity index is 524. The van der Waals surface area contributed by atoms with Crippen molar-refractivity contribution in [3.05, 3.63) is 34.3 Å². The summed E-state index contributed by atoms with van der Waals surface area (Å²) in [5.41, 5.74) is 0. The van der Waals surface area contributed by atoms with E-state index < -0.39 is 11.2 Å². The molecule has 0 radical (unpaired) electrons. The molecule has 0 aliphatic carbocycles. The third-order valence-electron chi connectivity index (χ3n) is 1.57. The minimum atomic E-state index is -1.45. The summed E-state index contributed by atoms with van der Waals surface area (Å²) in [6, 6.07) is 0. The zero-order chi connectivity index (χ0) is 10.1. The topological polar surface area (TPSA) is 58.5 Å². The lowest BCUT2D eigenvalue weighted by Gasteiger charge is -2.01. The quantitative estimate of drug-likeness (QED) is 0.787. The van der Waals surface area contributed by atoms with Crippen molar-refractivity contribution in [2.24, 2.45) is 0 Å². The fourth-order valence-corrected chi connectivity index (χ4v) is 2.50. The van der Waals surface area contributed by atoms with Crippen LogP contribution in [-0.2, 0) is 11.2 Å². The number of nitrogens with one attached hydrogen (secondary N) is 2. The minimum absolute atomic E-state index is 0.395. The van der Waals surface area contributed by atoms with Crippen LogP contribution in [0, 0.1) is 9.54 Å². The van der Waals surface area contributed by atoms with Gasteiger partial charge in [0.1, 0.15) is 0 Å². The average Bonchev–Trinajstić information content (AvgIpc) is 2.73. The lowest BCUT2D eigenvalue weighted by molar-refractivity contribution is 0.669. The van der Waals surface area contributed by atoms with Gasteiger partial charge in [-0.1, -0.05) is 0 Å². The number of hydrogen-bond acceptors (Lipinski definition) is 3. The van der Waals surface area contributed by atoms with E-state index in [1.807, 2.05) is 0 Å². The summed E-state index contributed by atoms with van der Waals surface area (Å²) in [7, 11) is 0. The Labute approximate surface area is 92.1 Å². The second-order valence-electron chi connectivity index (χ2n) is 2.41. The average molecular weight is 246 g/mol. The normalized spacial score (nSPS) is 10.9. The number of aromatic amines is 2. The zero-order valence-corrected chi connectivity index (χ0v) is 9.29. The van der Waals surface area contributed by atoms with Crippen LogP contribution in [0.3, 0.4) is 0 Å². The number of imidazole rings is 2. The van der Waals surface area contributed by atoms with E-state index in [-0.39, 0.29) is 0 Å². The van der Waals surface area contributed by atoms with Crippen molar-refractivity contribution in [2.75, 3.05) is 0 Å². The molecule has 0 saturated carbocycles. The molecule has 0 spiro atoms. The summed E-state index contributed by atoms with van der Waals surface area (Å²) >= 11 is 8.43. The van der Waals surface area contributed by atoms with Crippen molar-refractivity contribution in [3.8, 4) is 0 Å². The highest BCUT2D eigenvalue weighted by Crippen LogP contribution is 1.99. The van der Waals surface area contributed by atoms with Crippen LogP contribution in [0.25, 0.3) is 0 Å². The summed E-state index contributed by atoms with van der Waals surface area (Å²) in [4.78, 5) is 5.52. The molecule has 2 heterocycles. The molecule has 5 nitrogen and oxygen atoms in total.